The lowest BCUT2D eigenvalue weighted by atomic mass is 10.0. The summed E-state index contributed by atoms with van der Waals surface area (Å²) in [6.45, 7) is 8.90. The zero-order valence-electron chi connectivity index (χ0n) is 13.5. The van der Waals surface area contributed by atoms with E-state index in [4.69, 9.17) is 0 Å². The highest BCUT2D eigenvalue weighted by Gasteiger charge is 2.34. The van der Waals surface area contributed by atoms with Gasteiger partial charge < -0.3 is 5.32 Å². The molecule has 1 aliphatic rings. The molecule has 0 saturated carbocycles. The van der Waals surface area contributed by atoms with Crippen LogP contribution >= 0.6 is 23.5 Å². The van der Waals surface area contributed by atoms with Gasteiger partial charge >= 0.3 is 0 Å². The molecule has 3 atom stereocenters. The maximum atomic E-state index is 4.54. The minimum Gasteiger partial charge on any atom is -0.308 e. The fourth-order valence-electron chi connectivity index (χ4n) is 2.94. The number of aryl methyl sites for hydroxylation is 1. The highest BCUT2D eigenvalue weighted by Crippen LogP contribution is 2.40. The van der Waals surface area contributed by atoms with Crippen LogP contribution in [0.25, 0.3) is 0 Å². The van der Waals surface area contributed by atoms with E-state index in [9.17, 15) is 0 Å². The molecule has 2 rings (SSSR count). The topological polar surface area (TPSA) is 29.9 Å². The van der Waals surface area contributed by atoms with Crippen molar-refractivity contribution in [3.8, 4) is 0 Å². The molecule has 0 bridgehead atoms. The van der Waals surface area contributed by atoms with Gasteiger partial charge in [0, 0.05) is 34.7 Å². The number of aromatic nitrogens is 2. The van der Waals surface area contributed by atoms with Crippen LogP contribution in [0.2, 0.25) is 0 Å². The van der Waals surface area contributed by atoms with Gasteiger partial charge in [0.05, 0.1) is 11.7 Å². The van der Waals surface area contributed by atoms with Crippen molar-refractivity contribution in [2.24, 2.45) is 0 Å². The molecular formula is C16H29N3S2. The van der Waals surface area contributed by atoms with Crippen molar-refractivity contribution in [1.82, 2.24) is 15.1 Å². The van der Waals surface area contributed by atoms with E-state index in [1.54, 1.807) is 0 Å². The number of hydrogen-bond donors (Lipinski definition) is 1. The van der Waals surface area contributed by atoms with E-state index in [-0.39, 0.29) is 0 Å². The summed E-state index contributed by atoms with van der Waals surface area (Å²) in [5, 5.41) is 9.76. The Balaban J connectivity index is 2.21. The van der Waals surface area contributed by atoms with Gasteiger partial charge in [0.1, 0.15) is 0 Å². The smallest absolute Gasteiger partial charge is 0.0623 e. The second kappa shape index (κ2) is 9.11. The van der Waals surface area contributed by atoms with E-state index in [0.29, 0.717) is 11.3 Å². The van der Waals surface area contributed by atoms with Crippen molar-refractivity contribution in [1.29, 1.82) is 0 Å². The van der Waals surface area contributed by atoms with Crippen LogP contribution < -0.4 is 5.32 Å². The van der Waals surface area contributed by atoms with Crippen LogP contribution in [0, 0.1) is 0 Å². The molecule has 3 unspecified atom stereocenters. The summed E-state index contributed by atoms with van der Waals surface area (Å²) in [4.78, 5) is 0. The molecule has 5 heteroatoms. The SMILES string of the molecule is CCCNC(c1ccnn1CCC)C1SCCSC1CC. The molecule has 1 saturated heterocycles. The zero-order valence-corrected chi connectivity index (χ0v) is 15.2. The van der Waals surface area contributed by atoms with Gasteiger partial charge in [-0.2, -0.15) is 28.6 Å². The summed E-state index contributed by atoms with van der Waals surface area (Å²) in [6, 6.07) is 2.65. The second-order valence-electron chi connectivity index (χ2n) is 5.56. The Morgan fingerprint density at radius 2 is 2.10 bits per heavy atom. The third-order valence-corrected chi connectivity index (χ3v) is 7.29. The van der Waals surface area contributed by atoms with Gasteiger partial charge in [0.25, 0.3) is 0 Å². The summed E-state index contributed by atoms with van der Waals surface area (Å²) in [6.07, 6.45) is 5.54. The van der Waals surface area contributed by atoms with Crippen LogP contribution in [0.15, 0.2) is 12.3 Å². The Bertz CT molecular complexity index is 408. The van der Waals surface area contributed by atoms with Gasteiger partial charge in [-0.25, -0.2) is 0 Å². The molecule has 3 nitrogen and oxygen atoms in total. The van der Waals surface area contributed by atoms with Gasteiger partial charge in [-0.05, 0) is 31.9 Å². The first-order valence-corrected chi connectivity index (χ1v) is 10.4. The Morgan fingerprint density at radius 1 is 1.29 bits per heavy atom. The van der Waals surface area contributed by atoms with E-state index in [0.717, 1.165) is 24.8 Å². The van der Waals surface area contributed by atoms with Gasteiger partial charge in [0.15, 0.2) is 0 Å². The average molecular weight is 328 g/mol. The molecule has 0 amide bonds. The first-order valence-electron chi connectivity index (χ1n) is 8.30. The maximum absolute atomic E-state index is 4.54. The van der Waals surface area contributed by atoms with Gasteiger partial charge in [-0.3, -0.25) is 4.68 Å². The standard InChI is InChI=1S/C16H29N3S2/c1-4-8-17-15(13-7-9-18-19(13)10-5-2)16-14(6-3)20-11-12-21-16/h7,9,14-17H,4-6,8,10-12H2,1-3H3. The lowest BCUT2D eigenvalue weighted by Crippen LogP contribution is -2.40. The predicted molar refractivity (Wildman–Crippen MR) is 96.3 cm³/mol. The molecule has 1 fully saturated rings. The van der Waals surface area contributed by atoms with Crippen molar-refractivity contribution >= 4 is 23.5 Å². The van der Waals surface area contributed by atoms with Crippen LogP contribution in [-0.2, 0) is 6.54 Å². The van der Waals surface area contributed by atoms with E-state index in [2.05, 4.69) is 65.5 Å². The van der Waals surface area contributed by atoms with Crippen LogP contribution in [0.3, 0.4) is 0 Å². The van der Waals surface area contributed by atoms with Crippen molar-refractivity contribution < 1.29 is 0 Å². The molecule has 1 aromatic heterocycles. The van der Waals surface area contributed by atoms with Crippen LogP contribution in [0.4, 0.5) is 0 Å². The molecule has 0 aromatic carbocycles. The number of rotatable bonds is 8. The summed E-state index contributed by atoms with van der Waals surface area (Å²) in [7, 11) is 0. The van der Waals surface area contributed by atoms with E-state index in [1.807, 2.05) is 6.20 Å². The summed E-state index contributed by atoms with van der Waals surface area (Å²) >= 11 is 4.31. The minimum atomic E-state index is 0.432. The van der Waals surface area contributed by atoms with Crippen LogP contribution in [0.5, 0.6) is 0 Å². The average Bonchev–Trinajstić information content (AvgIpc) is 2.97. The monoisotopic (exact) mass is 327 g/mol. The molecule has 1 aromatic rings. The van der Waals surface area contributed by atoms with Crippen LogP contribution in [-0.4, -0.2) is 38.3 Å². The maximum Gasteiger partial charge on any atom is 0.0623 e. The Hall–Kier alpha value is -0.130. The van der Waals surface area contributed by atoms with Crippen LogP contribution in [0.1, 0.15) is 51.8 Å². The fraction of sp³-hybridized carbons (Fsp3) is 0.812. The van der Waals surface area contributed by atoms with Crippen molar-refractivity contribution in [2.45, 2.75) is 63.1 Å². The molecule has 2 heterocycles. The molecule has 21 heavy (non-hydrogen) atoms. The summed E-state index contributed by atoms with van der Waals surface area (Å²) < 4.78 is 2.21. The Kier molecular flexibility index (Phi) is 7.47. The highest BCUT2D eigenvalue weighted by molar-refractivity contribution is 8.07. The first kappa shape index (κ1) is 17.2. The summed E-state index contributed by atoms with van der Waals surface area (Å²) in [5.41, 5.74) is 1.38. The Morgan fingerprint density at radius 3 is 2.81 bits per heavy atom. The van der Waals surface area contributed by atoms with Gasteiger partial charge in [-0.1, -0.05) is 20.8 Å². The number of nitrogens with zero attached hydrogens (tertiary/aromatic N) is 2. The number of hydrogen-bond acceptors (Lipinski definition) is 4. The van der Waals surface area contributed by atoms with E-state index in [1.165, 1.54) is 30.0 Å². The minimum absolute atomic E-state index is 0.432. The lowest BCUT2D eigenvalue weighted by molar-refractivity contribution is 0.449. The Labute approximate surface area is 138 Å². The zero-order chi connectivity index (χ0) is 15.1. The summed E-state index contributed by atoms with van der Waals surface area (Å²) in [5.74, 6) is 2.58. The van der Waals surface area contributed by atoms with Gasteiger partial charge in [0.2, 0.25) is 0 Å². The molecule has 0 spiro atoms. The number of thioether (sulfide) groups is 2. The lowest BCUT2D eigenvalue weighted by Gasteiger charge is -2.36. The largest absolute Gasteiger partial charge is 0.308 e. The molecule has 0 radical (unpaired) electrons. The highest BCUT2D eigenvalue weighted by atomic mass is 32.2. The first-order chi connectivity index (χ1) is 10.3. The third-order valence-electron chi connectivity index (χ3n) is 3.94. The molecular weight excluding hydrogens is 298 g/mol. The molecule has 0 aliphatic carbocycles. The number of nitrogens with one attached hydrogen (secondary N) is 1. The normalized spacial score (nSPS) is 24.1. The van der Waals surface area contributed by atoms with Crippen molar-refractivity contribution in [2.75, 3.05) is 18.1 Å². The fourth-order valence-corrected chi connectivity index (χ4v) is 6.18. The third kappa shape index (κ3) is 4.42. The van der Waals surface area contributed by atoms with Crippen molar-refractivity contribution in [3.63, 3.8) is 0 Å². The second-order valence-corrected chi connectivity index (χ2v) is 8.20. The van der Waals surface area contributed by atoms with Gasteiger partial charge in [-0.15, -0.1) is 0 Å². The quantitative estimate of drug-likeness (QED) is 0.783. The molecule has 1 aliphatic heterocycles. The molecule has 1 N–H and O–H groups in total. The molecule has 120 valence electrons. The van der Waals surface area contributed by atoms with E-state index < -0.39 is 0 Å². The van der Waals surface area contributed by atoms with E-state index >= 15 is 0 Å². The predicted octanol–water partition coefficient (Wildman–Crippen LogP) is 3.96. The van der Waals surface area contributed by atoms with Crippen molar-refractivity contribution in [3.05, 3.63) is 18.0 Å².